The van der Waals surface area contributed by atoms with E-state index in [1.54, 1.807) is 39.0 Å². The van der Waals surface area contributed by atoms with Crippen molar-refractivity contribution in [2.75, 3.05) is 32.4 Å². The number of carbonyl (C=O) groups excluding carboxylic acids is 1. The summed E-state index contributed by atoms with van der Waals surface area (Å²) in [5.74, 6) is 0.721. The van der Waals surface area contributed by atoms with E-state index >= 15 is 0 Å². The highest BCUT2D eigenvalue weighted by Crippen LogP contribution is 2.30. The van der Waals surface area contributed by atoms with Gasteiger partial charge in [-0.15, -0.1) is 0 Å². The third kappa shape index (κ3) is 12.1. The van der Waals surface area contributed by atoms with Crippen LogP contribution in [0.2, 0.25) is 0 Å². The van der Waals surface area contributed by atoms with E-state index < -0.39 is 13.1 Å². The lowest BCUT2D eigenvalue weighted by molar-refractivity contribution is -0.136. The van der Waals surface area contributed by atoms with Crippen LogP contribution in [0.15, 0.2) is 134 Å². The SMILES string of the molecule is COc1ccc2nc(N)sc2c1.COc1ccc2nc(NC(=O)Cc3ccc(-c4ccncc4)cc3)sc2c1.O=C(O)Cc1ccc(-c2ccncc2)cc1.[2H]CF. The summed E-state index contributed by atoms with van der Waals surface area (Å²) >= 11 is 2.90. The number of thiazole rings is 2. The maximum absolute atomic E-state index is 12.4. The number of fused-ring (bicyclic) bond motifs is 2. The zero-order valence-electron chi connectivity index (χ0n) is 32.0. The summed E-state index contributed by atoms with van der Waals surface area (Å²) < 4.78 is 27.8. The molecule has 0 saturated carbocycles. The Morgan fingerprint density at radius 2 is 1.12 bits per heavy atom. The highest BCUT2D eigenvalue weighted by molar-refractivity contribution is 7.22. The number of rotatable bonds is 9. The molecule has 4 heterocycles. The molecule has 8 rings (SSSR count). The minimum absolute atomic E-state index is 0.0661. The fourth-order valence-electron chi connectivity index (χ4n) is 5.38. The van der Waals surface area contributed by atoms with Crippen molar-refractivity contribution in [2.24, 2.45) is 0 Å². The van der Waals surface area contributed by atoms with Crippen molar-refractivity contribution >= 4 is 65.2 Å². The Labute approximate surface area is 338 Å². The number of aromatic nitrogens is 4. The first-order valence-electron chi connectivity index (χ1n) is 17.9. The standard InChI is InChI=1S/C21H17N3O2S.C13H11NO2.C8H8N2OS.CH3F/c1-26-17-6-7-18-19(13-17)27-21(23-18)24-20(25)12-14-2-4-15(5-3-14)16-8-10-22-11-9-16;15-13(16)9-10-1-3-11(4-2-10)12-5-7-14-8-6-12;1-11-5-2-3-6-7(4-5)12-8(9)10-6;1-2/h2-11,13H,12H2,1H3,(H,23,24,25);1-8H,9H2,(H,15,16);2-4H,1H3,(H2,9,10);1H3/i;;;1D. The smallest absolute Gasteiger partial charge is 0.307 e. The molecule has 4 N–H and O–H groups in total. The number of halogens is 1. The molecule has 0 radical (unpaired) electrons. The molecule has 57 heavy (non-hydrogen) atoms. The number of alkyl halides is 1. The highest BCUT2D eigenvalue weighted by Gasteiger charge is 2.10. The number of hydrogen-bond donors (Lipinski definition) is 3. The summed E-state index contributed by atoms with van der Waals surface area (Å²) in [7, 11) is 2.27. The number of amides is 1. The lowest BCUT2D eigenvalue weighted by Gasteiger charge is -2.04. The summed E-state index contributed by atoms with van der Waals surface area (Å²) in [4.78, 5) is 39.4. The van der Waals surface area contributed by atoms with E-state index in [4.69, 9.17) is 21.7 Å². The van der Waals surface area contributed by atoms with E-state index in [1.165, 1.54) is 22.7 Å². The predicted octanol–water partition coefficient (Wildman–Crippen LogP) is 9.40. The van der Waals surface area contributed by atoms with Crippen molar-refractivity contribution < 1.29 is 29.9 Å². The zero-order chi connectivity index (χ0) is 41.3. The van der Waals surface area contributed by atoms with Crippen LogP contribution in [0.5, 0.6) is 11.5 Å². The van der Waals surface area contributed by atoms with Crippen molar-refractivity contribution in [3.63, 3.8) is 0 Å². The number of anilines is 2. The maximum atomic E-state index is 12.4. The predicted molar refractivity (Wildman–Crippen MR) is 227 cm³/mol. The summed E-state index contributed by atoms with van der Waals surface area (Å²) in [6, 6.07) is 34.6. The summed E-state index contributed by atoms with van der Waals surface area (Å²) in [5, 5.41) is 12.7. The molecule has 0 aliphatic carbocycles. The van der Waals surface area contributed by atoms with Crippen LogP contribution in [0.25, 0.3) is 42.7 Å². The van der Waals surface area contributed by atoms with Gasteiger partial charge < -0.3 is 25.6 Å². The van der Waals surface area contributed by atoms with Crippen molar-refractivity contribution in [1.82, 2.24) is 19.9 Å². The lowest BCUT2D eigenvalue weighted by Crippen LogP contribution is -2.14. The fraction of sp³-hybridized carbons (Fsp3) is 0.116. The lowest BCUT2D eigenvalue weighted by atomic mass is 10.0. The number of nitrogen functional groups attached to an aromatic ring is 1. The number of ether oxygens (including phenoxy) is 2. The first-order chi connectivity index (χ1) is 28.2. The van der Waals surface area contributed by atoms with Crippen molar-refractivity contribution in [3.05, 3.63) is 145 Å². The molecule has 1 amide bonds. The van der Waals surface area contributed by atoms with Crippen LogP contribution in [-0.4, -0.2) is 58.3 Å². The van der Waals surface area contributed by atoms with E-state index in [0.29, 0.717) is 16.7 Å². The molecule has 14 heteroatoms. The van der Waals surface area contributed by atoms with E-state index in [1.807, 2.05) is 109 Å². The number of pyridine rings is 2. The molecule has 0 saturated heterocycles. The van der Waals surface area contributed by atoms with Crippen LogP contribution in [0, 0.1) is 0 Å². The number of hydrogen-bond acceptors (Lipinski definition) is 11. The second kappa shape index (κ2) is 20.8. The second-order valence-corrected chi connectivity index (χ2v) is 14.0. The molecule has 0 aliphatic rings. The number of aliphatic carboxylic acids is 1. The van der Waals surface area contributed by atoms with Gasteiger partial charge in [-0.2, -0.15) is 0 Å². The van der Waals surface area contributed by atoms with Crippen LogP contribution in [0.1, 0.15) is 12.5 Å². The highest BCUT2D eigenvalue weighted by atomic mass is 32.1. The van der Waals surface area contributed by atoms with Crippen molar-refractivity contribution in [2.45, 2.75) is 12.8 Å². The quantitative estimate of drug-likeness (QED) is 0.128. The normalized spacial score (nSPS) is 10.4. The average Bonchev–Trinajstić information content (AvgIpc) is 3.83. The van der Waals surface area contributed by atoms with Crippen LogP contribution in [0.3, 0.4) is 0 Å². The summed E-state index contributed by atoms with van der Waals surface area (Å²) in [6.45, 7) is 0. The third-order valence-corrected chi connectivity index (χ3v) is 9.89. The Hall–Kier alpha value is -6.77. The van der Waals surface area contributed by atoms with Gasteiger partial charge >= 0.3 is 5.97 Å². The molecule has 290 valence electrons. The molecule has 0 spiro atoms. The van der Waals surface area contributed by atoms with Gasteiger partial charge in [-0.3, -0.25) is 23.9 Å². The van der Waals surface area contributed by atoms with E-state index in [9.17, 15) is 14.0 Å². The van der Waals surface area contributed by atoms with Gasteiger partial charge in [0.05, 0.1) is 56.0 Å². The first-order valence-corrected chi connectivity index (χ1v) is 18.8. The number of nitrogens with one attached hydrogen (secondary N) is 1. The number of benzene rings is 4. The van der Waals surface area contributed by atoms with Gasteiger partial charge in [0.2, 0.25) is 5.91 Å². The third-order valence-electron chi connectivity index (χ3n) is 8.11. The Kier molecular flexibility index (Phi) is 14.6. The molecule has 0 bridgehead atoms. The fourth-order valence-corrected chi connectivity index (χ4v) is 7.05. The summed E-state index contributed by atoms with van der Waals surface area (Å²) in [6.07, 6.45) is 7.38. The molecular formula is C43H39FN6O5S2. The number of nitrogens with two attached hydrogens (primary N) is 1. The molecule has 0 atom stereocenters. The van der Waals surface area contributed by atoms with Crippen LogP contribution in [-0.2, 0) is 22.4 Å². The zero-order valence-corrected chi connectivity index (χ0v) is 32.6. The molecule has 0 aliphatic heterocycles. The molecule has 0 fully saturated rings. The number of methoxy groups -OCH3 is 2. The minimum Gasteiger partial charge on any atom is -0.497 e. The number of carbonyl (C=O) groups is 2. The Bertz CT molecular complexity index is 2520. The maximum Gasteiger partial charge on any atom is 0.307 e. The van der Waals surface area contributed by atoms with E-state index in [-0.39, 0.29) is 12.3 Å². The van der Waals surface area contributed by atoms with Crippen LogP contribution >= 0.6 is 22.7 Å². The minimum atomic E-state index is -1.00. The monoisotopic (exact) mass is 803 g/mol. The molecule has 0 unspecified atom stereocenters. The molecular weight excluding hydrogens is 764 g/mol. The first kappa shape index (κ1) is 39.9. The van der Waals surface area contributed by atoms with Gasteiger partial charge in [0.15, 0.2) is 10.3 Å². The van der Waals surface area contributed by atoms with Crippen molar-refractivity contribution in [1.29, 1.82) is 0 Å². The largest absolute Gasteiger partial charge is 0.497 e. The molecule has 4 aromatic heterocycles. The average molecular weight is 804 g/mol. The molecule has 4 aromatic carbocycles. The van der Waals surface area contributed by atoms with Gasteiger partial charge in [-0.25, -0.2) is 9.97 Å². The number of carboxylic acid groups (broad SMARTS) is 1. The van der Waals surface area contributed by atoms with Gasteiger partial charge in [-0.1, -0.05) is 71.2 Å². The van der Waals surface area contributed by atoms with Gasteiger partial charge in [0, 0.05) is 24.8 Å². The Morgan fingerprint density at radius 3 is 1.60 bits per heavy atom. The van der Waals surface area contributed by atoms with Gasteiger partial charge in [0.25, 0.3) is 0 Å². The van der Waals surface area contributed by atoms with E-state index in [2.05, 4.69) is 25.3 Å². The summed E-state index contributed by atoms with van der Waals surface area (Å²) in [5.41, 5.74) is 13.4. The van der Waals surface area contributed by atoms with Gasteiger partial charge in [0.1, 0.15) is 11.5 Å². The van der Waals surface area contributed by atoms with Gasteiger partial charge in [-0.05, 0) is 94.0 Å². The number of nitrogens with zero attached hydrogens (tertiary/aromatic N) is 4. The molecule has 8 aromatic rings. The van der Waals surface area contributed by atoms with Crippen LogP contribution in [0.4, 0.5) is 14.7 Å². The number of carboxylic acids is 1. The van der Waals surface area contributed by atoms with Crippen LogP contribution < -0.4 is 20.5 Å². The molecule has 11 nitrogen and oxygen atoms in total. The Morgan fingerprint density at radius 1 is 0.684 bits per heavy atom. The van der Waals surface area contributed by atoms with E-state index in [0.717, 1.165) is 65.3 Å². The second-order valence-electron chi connectivity index (χ2n) is 11.9. The van der Waals surface area contributed by atoms with Crippen molar-refractivity contribution in [3.8, 4) is 33.8 Å². The topological polar surface area (TPSA) is 162 Å². The Balaban J connectivity index is 0.000000175.